The van der Waals surface area contributed by atoms with E-state index in [-0.39, 0.29) is 29.7 Å². The number of piperazine rings is 1. The number of carbonyl (C=O) groups excluding carboxylic acids is 1. The summed E-state index contributed by atoms with van der Waals surface area (Å²) in [6.45, 7) is 8.49. The van der Waals surface area contributed by atoms with Gasteiger partial charge in [0.25, 0.3) is 0 Å². The number of alkyl halides is 1. The molecule has 1 amide bonds. The van der Waals surface area contributed by atoms with Gasteiger partial charge in [-0.05, 0) is 75.9 Å². The number of hydrogen-bond acceptors (Lipinski definition) is 10. The molecule has 4 aliphatic rings. The van der Waals surface area contributed by atoms with Gasteiger partial charge in [0, 0.05) is 37.8 Å². The van der Waals surface area contributed by atoms with Crippen LogP contribution < -0.4 is 14.4 Å². The van der Waals surface area contributed by atoms with Crippen LogP contribution in [-0.4, -0.2) is 105 Å². The van der Waals surface area contributed by atoms with Crippen LogP contribution in [0.5, 0.6) is 11.8 Å². The molecule has 4 fully saturated rings. The van der Waals surface area contributed by atoms with Crippen molar-refractivity contribution in [2.45, 2.75) is 82.3 Å². The van der Waals surface area contributed by atoms with Crippen LogP contribution in [-0.2, 0) is 4.74 Å². The molecule has 0 radical (unpaired) electrons. The number of carbonyl (C=O) groups is 1. The van der Waals surface area contributed by atoms with Gasteiger partial charge in [0.1, 0.15) is 29.9 Å². The molecule has 48 heavy (non-hydrogen) atoms. The van der Waals surface area contributed by atoms with Gasteiger partial charge < -0.3 is 19.1 Å². The molecule has 4 saturated heterocycles. The van der Waals surface area contributed by atoms with Gasteiger partial charge in [0.15, 0.2) is 11.5 Å². The molecular weight excluding hydrogens is 613 g/mol. The highest BCUT2D eigenvalue weighted by molar-refractivity contribution is 5.97. The van der Waals surface area contributed by atoms with Gasteiger partial charge in [-0.3, -0.25) is 9.80 Å². The van der Waals surface area contributed by atoms with Crippen molar-refractivity contribution in [2.24, 2.45) is 0 Å². The van der Waals surface area contributed by atoms with Gasteiger partial charge >= 0.3 is 12.1 Å². The van der Waals surface area contributed by atoms with Crippen molar-refractivity contribution in [3.63, 3.8) is 0 Å². The Balaban J connectivity index is 1.18. The van der Waals surface area contributed by atoms with Crippen LogP contribution >= 0.6 is 0 Å². The minimum absolute atomic E-state index is 0.0118. The van der Waals surface area contributed by atoms with Crippen LogP contribution in [0.1, 0.15) is 52.9 Å². The lowest BCUT2D eigenvalue weighted by Crippen LogP contribution is -2.57. The van der Waals surface area contributed by atoms with E-state index in [1.54, 1.807) is 13.3 Å². The van der Waals surface area contributed by atoms with E-state index in [0.717, 1.165) is 48.6 Å². The topological polar surface area (TPSA) is 106 Å². The summed E-state index contributed by atoms with van der Waals surface area (Å²) in [6.07, 6.45) is 4.81. The fourth-order valence-corrected chi connectivity index (χ4v) is 8.24. The van der Waals surface area contributed by atoms with Crippen molar-refractivity contribution in [2.75, 3.05) is 44.8 Å². The summed E-state index contributed by atoms with van der Waals surface area (Å²) in [5.74, 6) is 1.90. The predicted octanol–water partition coefficient (Wildman–Crippen LogP) is 5.79. The zero-order valence-electron chi connectivity index (χ0n) is 28.0. The number of aromatic nitrogens is 4. The molecule has 4 atom stereocenters. The summed E-state index contributed by atoms with van der Waals surface area (Å²) in [7, 11) is 1.65. The minimum Gasteiger partial charge on any atom is -0.497 e. The monoisotopic (exact) mass is 655 g/mol. The van der Waals surface area contributed by atoms with Crippen LogP contribution in [0.15, 0.2) is 42.6 Å². The van der Waals surface area contributed by atoms with Gasteiger partial charge in [-0.25, -0.2) is 19.2 Å². The second kappa shape index (κ2) is 11.7. The summed E-state index contributed by atoms with van der Waals surface area (Å²) in [6, 6.07) is 12.2. The van der Waals surface area contributed by atoms with E-state index in [9.17, 15) is 9.18 Å². The number of fused-ring (bicyclic) bond motifs is 5. The molecule has 2 bridgehead atoms. The Hall–Kier alpha value is -4.32. The van der Waals surface area contributed by atoms with E-state index in [4.69, 9.17) is 34.1 Å². The van der Waals surface area contributed by atoms with E-state index in [1.165, 1.54) is 0 Å². The second-order valence-corrected chi connectivity index (χ2v) is 14.7. The molecule has 2 aromatic heterocycles. The molecule has 252 valence electrons. The first-order chi connectivity index (χ1) is 23.1. The molecule has 0 spiro atoms. The third kappa shape index (κ3) is 5.53. The second-order valence-electron chi connectivity index (χ2n) is 14.7. The molecule has 0 N–H and O–H groups in total. The number of amides is 1. The quantitative estimate of drug-likeness (QED) is 0.253. The summed E-state index contributed by atoms with van der Waals surface area (Å²) in [5.41, 5.74) is 0.386. The standard InChI is InChI=1S/C36H42FN7O4/c1-35(2,3)48-34(45)44-24-10-11-25(44)20-42(19-24)32-29-17-38-30(28-15-26(46-4)14-22-8-5-6-9-27(22)28)39-31(29)40-33(41-32)47-21-36-12-7-13-43(36)18-23(37)16-36/h5-6,8-9,14-15,17,23-25H,7,10-13,16,18-21H2,1-4H3/t23-,24?,25?,36+/m1/s1. The highest BCUT2D eigenvalue weighted by atomic mass is 19.1. The highest BCUT2D eigenvalue weighted by Gasteiger charge is 2.50. The summed E-state index contributed by atoms with van der Waals surface area (Å²) < 4.78 is 32.3. The molecule has 2 aromatic carbocycles. The van der Waals surface area contributed by atoms with Crippen molar-refractivity contribution in [1.29, 1.82) is 0 Å². The van der Waals surface area contributed by atoms with Crippen molar-refractivity contribution < 1.29 is 23.4 Å². The minimum atomic E-state index is -0.855. The third-order valence-electron chi connectivity index (χ3n) is 10.3. The lowest BCUT2D eigenvalue weighted by molar-refractivity contribution is 0.0122. The first-order valence-electron chi connectivity index (χ1n) is 17.0. The summed E-state index contributed by atoms with van der Waals surface area (Å²) in [4.78, 5) is 39.2. The maximum absolute atomic E-state index is 14.6. The van der Waals surface area contributed by atoms with Crippen molar-refractivity contribution in [3.8, 4) is 23.1 Å². The van der Waals surface area contributed by atoms with Crippen molar-refractivity contribution in [1.82, 2.24) is 29.7 Å². The van der Waals surface area contributed by atoms with E-state index in [2.05, 4.69) is 9.80 Å². The average molecular weight is 656 g/mol. The molecule has 4 aromatic rings. The number of halogens is 1. The average Bonchev–Trinajstić information content (AvgIpc) is 3.68. The number of rotatable bonds is 6. The fourth-order valence-electron chi connectivity index (χ4n) is 8.24. The molecule has 12 heteroatoms. The largest absolute Gasteiger partial charge is 0.497 e. The van der Waals surface area contributed by atoms with Crippen molar-refractivity contribution in [3.05, 3.63) is 42.6 Å². The maximum atomic E-state index is 14.6. The van der Waals surface area contributed by atoms with E-state index >= 15 is 0 Å². The molecule has 0 aliphatic carbocycles. The number of nitrogens with zero attached hydrogens (tertiary/aromatic N) is 7. The SMILES string of the molecule is COc1cc(-c2ncc3c(N4CC5CCC(C4)N5C(=O)OC(C)(C)C)nc(OC[C@@]45CCCN4C[C@H](F)C5)nc3n2)c2ccccc2c1. The van der Waals surface area contributed by atoms with Crippen LogP contribution in [0.2, 0.25) is 0 Å². The molecule has 4 aliphatic heterocycles. The van der Waals surface area contributed by atoms with Crippen LogP contribution in [0.3, 0.4) is 0 Å². The molecule has 11 nitrogen and oxygen atoms in total. The summed E-state index contributed by atoms with van der Waals surface area (Å²) >= 11 is 0. The van der Waals surface area contributed by atoms with Gasteiger partial charge in [-0.1, -0.05) is 24.3 Å². The number of methoxy groups -OCH3 is 1. The highest BCUT2D eigenvalue weighted by Crippen LogP contribution is 2.41. The number of ether oxygens (including phenoxy) is 3. The first-order valence-corrected chi connectivity index (χ1v) is 17.0. The molecule has 0 saturated carbocycles. The molecule has 8 rings (SSSR count). The van der Waals surface area contributed by atoms with E-state index < -0.39 is 11.8 Å². The maximum Gasteiger partial charge on any atom is 0.410 e. The summed E-state index contributed by atoms with van der Waals surface area (Å²) in [5, 5.41) is 2.72. The van der Waals surface area contributed by atoms with Gasteiger partial charge in [0.05, 0.1) is 30.1 Å². The predicted molar refractivity (Wildman–Crippen MR) is 180 cm³/mol. The first kappa shape index (κ1) is 31.0. The Labute approximate surface area is 279 Å². The molecule has 2 unspecified atom stereocenters. The molecule has 6 heterocycles. The number of hydrogen-bond donors (Lipinski definition) is 0. The fraction of sp³-hybridized carbons (Fsp3) is 0.528. The van der Waals surface area contributed by atoms with Crippen molar-refractivity contribution >= 4 is 33.7 Å². The zero-order chi connectivity index (χ0) is 33.2. The van der Waals surface area contributed by atoms with Crippen LogP contribution in [0.4, 0.5) is 15.0 Å². The van der Waals surface area contributed by atoms with Gasteiger partial charge in [-0.15, -0.1) is 0 Å². The Morgan fingerprint density at radius 2 is 1.83 bits per heavy atom. The van der Waals surface area contributed by atoms with E-state index in [1.807, 2.05) is 62.1 Å². The molecular formula is C36H42FN7O4. The van der Waals surface area contributed by atoms with Gasteiger partial charge in [0.2, 0.25) is 0 Å². The van der Waals surface area contributed by atoms with E-state index in [0.29, 0.717) is 61.1 Å². The zero-order valence-corrected chi connectivity index (χ0v) is 28.0. The van der Waals surface area contributed by atoms with Crippen LogP contribution in [0.25, 0.3) is 33.2 Å². The smallest absolute Gasteiger partial charge is 0.410 e. The lowest BCUT2D eigenvalue weighted by atomic mass is 9.95. The third-order valence-corrected chi connectivity index (χ3v) is 10.3. The number of benzene rings is 2. The lowest BCUT2D eigenvalue weighted by Gasteiger charge is -2.42. The Kier molecular flexibility index (Phi) is 7.54. The normalized spacial score (nSPS) is 25.6. The van der Waals surface area contributed by atoms with Crippen LogP contribution in [0, 0.1) is 0 Å². The van der Waals surface area contributed by atoms with Gasteiger partial charge in [-0.2, -0.15) is 9.97 Å². The Bertz CT molecular complexity index is 1870. The Morgan fingerprint density at radius 1 is 1.04 bits per heavy atom. The number of anilines is 1. The Morgan fingerprint density at radius 3 is 2.60 bits per heavy atom.